The Hall–Kier alpha value is -0.520. The lowest BCUT2D eigenvalue weighted by Gasteiger charge is -2.36. The lowest BCUT2D eigenvalue weighted by Crippen LogP contribution is -2.35. The van der Waals surface area contributed by atoms with Crippen LogP contribution in [0.4, 0.5) is 0 Å². The summed E-state index contributed by atoms with van der Waals surface area (Å²) in [5, 5.41) is 0. The third kappa shape index (κ3) is 3.69. The molecule has 2 heteroatoms. The first-order valence-electron chi connectivity index (χ1n) is 5.56. The second kappa shape index (κ2) is 6.06. The minimum Gasteiger partial charge on any atom is -0.378 e. The second-order valence-corrected chi connectivity index (χ2v) is 4.15. The summed E-state index contributed by atoms with van der Waals surface area (Å²) in [5.41, 5.74) is 5.95. The Bertz CT molecular complexity index is 191. The van der Waals surface area contributed by atoms with Crippen molar-refractivity contribution in [2.75, 3.05) is 6.61 Å². The minimum atomic E-state index is 0.290. The van der Waals surface area contributed by atoms with Crippen molar-refractivity contribution < 1.29 is 4.74 Å². The van der Waals surface area contributed by atoms with Crippen molar-refractivity contribution >= 4 is 0 Å². The van der Waals surface area contributed by atoms with Gasteiger partial charge in [0, 0.05) is 19.1 Å². The first kappa shape index (κ1) is 11.6. The Morgan fingerprint density at radius 2 is 2.29 bits per heavy atom. The number of nitrogens with two attached hydrogens (primary N) is 1. The fourth-order valence-electron chi connectivity index (χ4n) is 2.05. The summed E-state index contributed by atoms with van der Waals surface area (Å²) in [6, 6.07) is 0.290. The smallest absolute Gasteiger partial charge is 0.0580 e. The summed E-state index contributed by atoms with van der Waals surface area (Å²) in [6.45, 7) is 2.88. The SMILES string of the molecule is C#CCCC(N)CC1CC(OCC)C1. The summed E-state index contributed by atoms with van der Waals surface area (Å²) in [5.74, 6) is 3.41. The maximum absolute atomic E-state index is 5.95. The highest BCUT2D eigenvalue weighted by molar-refractivity contribution is 4.87. The van der Waals surface area contributed by atoms with Crippen molar-refractivity contribution in [3.8, 4) is 12.3 Å². The Morgan fingerprint density at radius 1 is 1.57 bits per heavy atom. The molecule has 1 saturated carbocycles. The normalized spacial score (nSPS) is 27.8. The molecule has 0 aromatic carbocycles. The van der Waals surface area contributed by atoms with Crippen molar-refractivity contribution in [2.45, 2.75) is 51.2 Å². The van der Waals surface area contributed by atoms with Crippen molar-refractivity contribution in [2.24, 2.45) is 11.7 Å². The highest BCUT2D eigenvalue weighted by Crippen LogP contribution is 2.33. The average molecular weight is 195 g/mol. The van der Waals surface area contributed by atoms with E-state index in [4.69, 9.17) is 16.9 Å². The molecule has 0 heterocycles. The first-order chi connectivity index (χ1) is 6.76. The van der Waals surface area contributed by atoms with Gasteiger partial charge < -0.3 is 10.5 Å². The van der Waals surface area contributed by atoms with Gasteiger partial charge >= 0.3 is 0 Å². The van der Waals surface area contributed by atoms with E-state index in [-0.39, 0.29) is 0 Å². The topological polar surface area (TPSA) is 35.2 Å². The predicted molar refractivity (Wildman–Crippen MR) is 58.8 cm³/mol. The number of rotatable bonds is 6. The fourth-order valence-corrected chi connectivity index (χ4v) is 2.05. The van der Waals surface area contributed by atoms with Crippen LogP contribution in [0.15, 0.2) is 0 Å². The molecule has 2 N–H and O–H groups in total. The van der Waals surface area contributed by atoms with Gasteiger partial charge in [0.2, 0.25) is 0 Å². The Labute approximate surface area is 87.2 Å². The maximum atomic E-state index is 5.95. The van der Waals surface area contributed by atoms with Crippen LogP contribution in [0, 0.1) is 18.3 Å². The summed E-state index contributed by atoms with van der Waals surface area (Å²) in [6.07, 6.45) is 11.0. The van der Waals surface area contributed by atoms with Gasteiger partial charge in [-0.2, -0.15) is 0 Å². The molecule has 0 aliphatic heterocycles. The van der Waals surface area contributed by atoms with E-state index in [1.807, 2.05) is 6.92 Å². The first-order valence-corrected chi connectivity index (χ1v) is 5.56. The molecule has 0 bridgehead atoms. The fraction of sp³-hybridized carbons (Fsp3) is 0.833. The van der Waals surface area contributed by atoms with E-state index < -0.39 is 0 Å². The molecule has 1 atom stereocenters. The molecular weight excluding hydrogens is 174 g/mol. The quantitative estimate of drug-likeness (QED) is 0.657. The molecule has 0 amide bonds. The van der Waals surface area contributed by atoms with Gasteiger partial charge in [0.1, 0.15) is 0 Å². The minimum absolute atomic E-state index is 0.290. The van der Waals surface area contributed by atoms with Crippen molar-refractivity contribution in [1.82, 2.24) is 0 Å². The molecular formula is C12H21NO. The number of ether oxygens (including phenoxy) is 1. The van der Waals surface area contributed by atoms with Gasteiger partial charge in [-0.1, -0.05) is 0 Å². The summed E-state index contributed by atoms with van der Waals surface area (Å²) in [4.78, 5) is 0. The second-order valence-electron chi connectivity index (χ2n) is 4.15. The van der Waals surface area contributed by atoms with Gasteiger partial charge in [-0.3, -0.25) is 0 Å². The zero-order chi connectivity index (χ0) is 10.4. The number of hydrogen-bond donors (Lipinski definition) is 1. The lowest BCUT2D eigenvalue weighted by atomic mass is 9.78. The van der Waals surface area contributed by atoms with Crippen LogP contribution < -0.4 is 5.73 Å². The molecule has 1 fully saturated rings. The maximum Gasteiger partial charge on any atom is 0.0580 e. The van der Waals surface area contributed by atoms with E-state index in [1.54, 1.807) is 0 Å². The van der Waals surface area contributed by atoms with E-state index in [1.165, 1.54) is 12.8 Å². The van der Waals surface area contributed by atoms with Crippen molar-refractivity contribution in [3.63, 3.8) is 0 Å². The predicted octanol–water partition coefficient (Wildman–Crippen LogP) is 1.93. The van der Waals surface area contributed by atoms with Gasteiger partial charge in [0.15, 0.2) is 0 Å². The third-order valence-electron chi connectivity index (χ3n) is 2.89. The molecule has 80 valence electrons. The molecule has 0 aromatic rings. The van der Waals surface area contributed by atoms with Crippen LogP contribution in [0.1, 0.15) is 39.0 Å². The van der Waals surface area contributed by atoms with Gasteiger partial charge in [-0.15, -0.1) is 12.3 Å². The molecule has 0 aromatic heterocycles. The summed E-state index contributed by atoms with van der Waals surface area (Å²) >= 11 is 0. The van der Waals surface area contributed by atoms with Crippen LogP contribution in [-0.4, -0.2) is 18.8 Å². The van der Waals surface area contributed by atoms with E-state index in [0.29, 0.717) is 12.1 Å². The molecule has 1 rings (SSSR count). The van der Waals surface area contributed by atoms with Gasteiger partial charge in [-0.05, 0) is 38.5 Å². The Balaban J connectivity index is 2.02. The molecule has 1 aliphatic rings. The highest BCUT2D eigenvalue weighted by atomic mass is 16.5. The monoisotopic (exact) mass is 195 g/mol. The van der Waals surface area contributed by atoms with E-state index in [0.717, 1.165) is 31.8 Å². The molecule has 0 spiro atoms. The Morgan fingerprint density at radius 3 is 2.86 bits per heavy atom. The molecule has 1 unspecified atom stereocenters. The van der Waals surface area contributed by atoms with Crippen molar-refractivity contribution in [3.05, 3.63) is 0 Å². The van der Waals surface area contributed by atoms with E-state index in [9.17, 15) is 0 Å². The zero-order valence-electron chi connectivity index (χ0n) is 9.04. The summed E-state index contributed by atoms with van der Waals surface area (Å²) in [7, 11) is 0. The summed E-state index contributed by atoms with van der Waals surface area (Å²) < 4.78 is 5.50. The largest absolute Gasteiger partial charge is 0.378 e. The molecule has 1 aliphatic carbocycles. The van der Waals surface area contributed by atoms with Gasteiger partial charge in [0.25, 0.3) is 0 Å². The molecule has 2 nitrogen and oxygen atoms in total. The van der Waals surface area contributed by atoms with Crippen LogP contribution in [0.2, 0.25) is 0 Å². The van der Waals surface area contributed by atoms with Crippen LogP contribution in [0.5, 0.6) is 0 Å². The van der Waals surface area contributed by atoms with Crippen LogP contribution in [0.25, 0.3) is 0 Å². The van der Waals surface area contributed by atoms with Gasteiger partial charge in [-0.25, -0.2) is 0 Å². The van der Waals surface area contributed by atoms with Crippen LogP contribution in [-0.2, 0) is 4.74 Å². The molecule has 0 saturated heterocycles. The molecule has 14 heavy (non-hydrogen) atoms. The van der Waals surface area contributed by atoms with Crippen LogP contribution in [0.3, 0.4) is 0 Å². The van der Waals surface area contributed by atoms with Crippen molar-refractivity contribution in [1.29, 1.82) is 0 Å². The van der Waals surface area contributed by atoms with Gasteiger partial charge in [0.05, 0.1) is 6.10 Å². The van der Waals surface area contributed by atoms with E-state index >= 15 is 0 Å². The number of hydrogen-bond acceptors (Lipinski definition) is 2. The number of terminal acetylenes is 1. The van der Waals surface area contributed by atoms with Crippen LogP contribution >= 0.6 is 0 Å². The highest BCUT2D eigenvalue weighted by Gasteiger charge is 2.30. The third-order valence-corrected chi connectivity index (χ3v) is 2.89. The molecule has 0 radical (unpaired) electrons. The standard InChI is InChI=1S/C12H21NO/c1-3-5-6-11(13)7-10-8-12(9-10)14-4-2/h1,10-12H,4-9,13H2,2H3. The van der Waals surface area contributed by atoms with E-state index in [2.05, 4.69) is 5.92 Å². The zero-order valence-corrected chi connectivity index (χ0v) is 9.04. The lowest BCUT2D eigenvalue weighted by molar-refractivity contribution is -0.0282. The Kier molecular flexibility index (Phi) is 5.00. The average Bonchev–Trinajstić information content (AvgIpc) is 2.11.